The van der Waals surface area contributed by atoms with Crippen molar-refractivity contribution in [1.29, 1.82) is 0 Å². The molecule has 1 N–H and O–H groups in total. The highest BCUT2D eigenvalue weighted by Crippen LogP contribution is 2.27. The second-order valence-corrected chi connectivity index (χ2v) is 5.77. The van der Waals surface area contributed by atoms with E-state index in [-0.39, 0.29) is 6.03 Å². The molecular formula is C17H22N4O. The number of carbonyl (C=O) groups excluding carboxylic acids is 1. The lowest BCUT2D eigenvalue weighted by molar-refractivity contribution is 0.147. The van der Waals surface area contributed by atoms with Crippen LogP contribution in [0.5, 0.6) is 0 Å². The molecule has 5 nitrogen and oxygen atoms in total. The number of imidazole rings is 1. The Kier molecular flexibility index (Phi) is 4.13. The summed E-state index contributed by atoms with van der Waals surface area (Å²) in [6, 6.07) is 10.4. The van der Waals surface area contributed by atoms with Gasteiger partial charge in [-0.2, -0.15) is 0 Å². The van der Waals surface area contributed by atoms with Crippen molar-refractivity contribution in [3.63, 3.8) is 0 Å². The van der Waals surface area contributed by atoms with Gasteiger partial charge >= 0.3 is 6.03 Å². The number of carbonyl (C=O) groups is 1. The zero-order valence-electron chi connectivity index (χ0n) is 13.1. The Balaban J connectivity index is 1.70. The fourth-order valence-electron chi connectivity index (χ4n) is 2.85. The average molecular weight is 298 g/mol. The predicted molar refractivity (Wildman–Crippen MR) is 85.9 cm³/mol. The second kappa shape index (κ2) is 6.22. The minimum Gasteiger partial charge on any atom is -0.338 e. The number of likely N-dealkylation sites (tertiary alicyclic amines) is 1. The van der Waals surface area contributed by atoms with Gasteiger partial charge in [-0.15, -0.1) is 0 Å². The van der Waals surface area contributed by atoms with E-state index in [4.69, 9.17) is 0 Å². The van der Waals surface area contributed by atoms with Crippen LogP contribution in [-0.2, 0) is 6.54 Å². The standard InChI is InChI=1S/C17H22N4O/c1-3-18-17(22)20-11-15(12-20)16-19-9-13(2)21(16)10-14-7-5-4-6-8-14/h4-9,15H,3,10-12H2,1-2H3,(H,18,22). The van der Waals surface area contributed by atoms with Crippen LogP contribution in [0.1, 0.15) is 29.9 Å². The van der Waals surface area contributed by atoms with Gasteiger partial charge in [0.15, 0.2) is 0 Å². The number of hydrogen-bond acceptors (Lipinski definition) is 2. The van der Waals surface area contributed by atoms with Crippen molar-refractivity contribution < 1.29 is 4.79 Å². The number of nitrogens with one attached hydrogen (secondary N) is 1. The topological polar surface area (TPSA) is 50.2 Å². The summed E-state index contributed by atoms with van der Waals surface area (Å²) in [5.74, 6) is 1.42. The number of rotatable bonds is 4. The van der Waals surface area contributed by atoms with E-state index < -0.39 is 0 Å². The minimum absolute atomic E-state index is 0.0247. The van der Waals surface area contributed by atoms with Crippen LogP contribution in [0.3, 0.4) is 0 Å². The lowest BCUT2D eigenvalue weighted by Gasteiger charge is -2.38. The van der Waals surface area contributed by atoms with Crippen molar-refractivity contribution in [1.82, 2.24) is 19.8 Å². The van der Waals surface area contributed by atoms with Crippen LogP contribution in [0, 0.1) is 6.92 Å². The van der Waals surface area contributed by atoms with Gasteiger partial charge in [0, 0.05) is 38.1 Å². The summed E-state index contributed by atoms with van der Waals surface area (Å²) in [5.41, 5.74) is 2.43. The van der Waals surface area contributed by atoms with Crippen LogP contribution in [0.2, 0.25) is 0 Å². The van der Waals surface area contributed by atoms with E-state index in [0.717, 1.165) is 31.2 Å². The first-order valence-electron chi connectivity index (χ1n) is 7.77. The van der Waals surface area contributed by atoms with Gasteiger partial charge in [0.05, 0.1) is 5.92 Å². The van der Waals surface area contributed by atoms with Gasteiger partial charge in [-0.25, -0.2) is 9.78 Å². The molecule has 5 heteroatoms. The molecule has 1 fully saturated rings. The highest BCUT2D eigenvalue weighted by Gasteiger charge is 2.34. The van der Waals surface area contributed by atoms with Crippen molar-refractivity contribution in [2.45, 2.75) is 26.3 Å². The van der Waals surface area contributed by atoms with E-state index in [1.165, 1.54) is 5.56 Å². The quantitative estimate of drug-likeness (QED) is 0.942. The Bertz CT molecular complexity index is 644. The summed E-state index contributed by atoms with van der Waals surface area (Å²) >= 11 is 0. The predicted octanol–water partition coefficient (Wildman–Crippen LogP) is 2.37. The third-order valence-corrected chi connectivity index (χ3v) is 4.13. The van der Waals surface area contributed by atoms with Crippen LogP contribution >= 0.6 is 0 Å². The molecule has 0 saturated carbocycles. The van der Waals surface area contributed by atoms with E-state index in [1.807, 2.05) is 24.1 Å². The van der Waals surface area contributed by atoms with E-state index in [9.17, 15) is 4.79 Å². The maximum absolute atomic E-state index is 11.8. The molecule has 116 valence electrons. The van der Waals surface area contributed by atoms with E-state index in [2.05, 4.69) is 46.1 Å². The molecule has 3 rings (SSSR count). The Labute approximate surface area is 131 Å². The molecule has 1 aliphatic rings. The third-order valence-electron chi connectivity index (χ3n) is 4.13. The third kappa shape index (κ3) is 2.84. The maximum Gasteiger partial charge on any atom is 0.317 e. The molecule has 2 heterocycles. The molecule has 22 heavy (non-hydrogen) atoms. The van der Waals surface area contributed by atoms with E-state index in [0.29, 0.717) is 12.5 Å². The van der Waals surface area contributed by atoms with Crippen LogP contribution in [-0.4, -0.2) is 40.1 Å². The lowest BCUT2D eigenvalue weighted by Crippen LogP contribution is -2.53. The monoisotopic (exact) mass is 298 g/mol. The van der Waals surface area contributed by atoms with Gasteiger partial charge < -0.3 is 14.8 Å². The number of nitrogens with zero attached hydrogens (tertiary/aromatic N) is 3. The van der Waals surface area contributed by atoms with Crippen LogP contribution in [0.25, 0.3) is 0 Å². The number of aryl methyl sites for hydroxylation is 1. The molecule has 1 aromatic heterocycles. The van der Waals surface area contributed by atoms with Gasteiger partial charge in [0.2, 0.25) is 0 Å². The number of aromatic nitrogens is 2. The van der Waals surface area contributed by atoms with E-state index in [1.54, 1.807) is 0 Å². The highest BCUT2D eigenvalue weighted by molar-refractivity contribution is 5.75. The fourth-order valence-corrected chi connectivity index (χ4v) is 2.85. The summed E-state index contributed by atoms with van der Waals surface area (Å²) in [7, 11) is 0. The summed E-state index contributed by atoms with van der Waals surface area (Å²) in [5, 5.41) is 2.84. The summed E-state index contributed by atoms with van der Waals surface area (Å²) in [4.78, 5) is 18.2. The van der Waals surface area contributed by atoms with Crippen molar-refractivity contribution >= 4 is 6.03 Å². The van der Waals surface area contributed by atoms with Crippen LogP contribution in [0.15, 0.2) is 36.5 Å². The zero-order valence-corrected chi connectivity index (χ0v) is 13.1. The molecule has 1 aromatic carbocycles. The molecule has 1 saturated heterocycles. The zero-order chi connectivity index (χ0) is 15.5. The Hall–Kier alpha value is -2.30. The van der Waals surface area contributed by atoms with Crippen LogP contribution in [0.4, 0.5) is 4.79 Å². The molecule has 0 radical (unpaired) electrons. The maximum atomic E-state index is 11.8. The molecule has 2 aromatic rings. The van der Waals surface area contributed by atoms with Gasteiger partial charge in [0.1, 0.15) is 5.82 Å². The Morgan fingerprint density at radius 3 is 2.73 bits per heavy atom. The van der Waals surface area contributed by atoms with E-state index >= 15 is 0 Å². The molecule has 1 aliphatic heterocycles. The largest absolute Gasteiger partial charge is 0.338 e. The first-order valence-corrected chi connectivity index (χ1v) is 7.77. The molecule has 0 atom stereocenters. The molecule has 0 unspecified atom stereocenters. The number of urea groups is 1. The van der Waals surface area contributed by atoms with Crippen molar-refractivity contribution in [2.24, 2.45) is 0 Å². The highest BCUT2D eigenvalue weighted by atomic mass is 16.2. The number of hydrogen-bond donors (Lipinski definition) is 1. The SMILES string of the molecule is CCNC(=O)N1CC(c2ncc(C)n2Cc2ccccc2)C1. The Morgan fingerprint density at radius 1 is 1.32 bits per heavy atom. The Morgan fingerprint density at radius 2 is 2.05 bits per heavy atom. The molecule has 0 aliphatic carbocycles. The minimum atomic E-state index is 0.0247. The first-order chi connectivity index (χ1) is 10.7. The summed E-state index contributed by atoms with van der Waals surface area (Å²) in [6.07, 6.45) is 1.92. The van der Waals surface area contributed by atoms with Gasteiger partial charge in [-0.05, 0) is 19.4 Å². The van der Waals surface area contributed by atoms with Crippen molar-refractivity contribution in [3.8, 4) is 0 Å². The number of amides is 2. The van der Waals surface area contributed by atoms with Gasteiger partial charge in [-0.3, -0.25) is 0 Å². The fraction of sp³-hybridized carbons (Fsp3) is 0.412. The smallest absolute Gasteiger partial charge is 0.317 e. The summed E-state index contributed by atoms with van der Waals surface area (Å²) in [6.45, 7) is 7.01. The lowest BCUT2D eigenvalue weighted by atomic mass is 9.99. The first kappa shape index (κ1) is 14.6. The van der Waals surface area contributed by atoms with Gasteiger partial charge in [-0.1, -0.05) is 30.3 Å². The summed E-state index contributed by atoms with van der Waals surface area (Å²) < 4.78 is 2.26. The van der Waals surface area contributed by atoms with Crippen molar-refractivity contribution in [2.75, 3.05) is 19.6 Å². The average Bonchev–Trinajstić information content (AvgIpc) is 2.81. The molecule has 2 amide bonds. The molecule has 0 spiro atoms. The second-order valence-electron chi connectivity index (χ2n) is 5.77. The molecular weight excluding hydrogens is 276 g/mol. The normalized spacial score (nSPS) is 14.7. The van der Waals surface area contributed by atoms with Crippen molar-refractivity contribution in [3.05, 3.63) is 53.6 Å². The van der Waals surface area contributed by atoms with Crippen LogP contribution < -0.4 is 5.32 Å². The van der Waals surface area contributed by atoms with Gasteiger partial charge in [0.25, 0.3) is 0 Å². The molecule has 0 bridgehead atoms. The number of benzene rings is 1.